The van der Waals surface area contributed by atoms with E-state index < -0.39 is 22.8 Å². The number of thioether (sulfide) groups is 1. The van der Waals surface area contributed by atoms with Crippen LogP contribution in [-0.2, 0) is 15.8 Å². The number of benzene rings is 1. The van der Waals surface area contributed by atoms with Crippen molar-refractivity contribution in [2.45, 2.75) is 30.2 Å². The number of furan rings is 1. The normalized spacial score (nSPS) is 26.4. The third-order valence-electron chi connectivity index (χ3n) is 3.70. The van der Waals surface area contributed by atoms with Crippen LogP contribution in [-0.4, -0.2) is 17.0 Å². The van der Waals surface area contributed by atoms with Crippen LogP contribution in [0.4, 0.5) is 13.2 Å². The SMILES string of the molecule is C[C@H]1CS[C@@](c2ccc(C(F)(F)F)cc2)(C(O)c2ccco2)O1. The summed E-state index contributed by atoms with van der Waals surface area (Å²) in [5, 5.41) is 10.7. The van der Waals surface area contributed by atoms with Crippen LogP contribution in [0.3, 0.4) is 0 Å². The van der Waals surface area contributed by atoms with Crippen LogP contribution in [0, 0.1) is 0 Å². The van der Waals surface area contributed by atoms with Crippen molar-refractivity contribution in [1.82, 2.24) is 0 Å². The first-order valence-corrected chi connectivity index (χ1v) is 8.02. The molecule has 0 bridgehead atoms. The van der Waals surface area contributed by atoms with Crippen LogP contribution in [0.15, 0.2) is 47.1 Å². The van der Waals surface area contributed by atoms with Gasteiger partial charge in [-0.1, -0.05) is 12.1 Å². The topological polar surface area (TPSA) is 42.6 Å². The molecule has 2 aromatic rings. The summed E-state index contributed by atoms with van der Waals surface area (Å²) in [6, 6.07) is 7.95. The lowest BCUT2D eigenvalue weighted by Crippen LogP contribution is -2.31. The van der Waals surface area contributed by atoms with Crippen LogP contribution in [0.2, 0.25) is 0 Å². The van der Waals surface area contributed by atoms with E-state index in [1.54, 1.807) is 12.1 Å². The molecular weight excluding hydrogens is 329 g/mol. The quantitative estimate of drug-likeness (QED) is 0.900. The lowest BCUT2D eigenvalue weighted by atomic mass is 9.99. The second-order valence-electron chi connectivity index (χ2n) is 5.40. The molecule has 1 N–H and O–H groups in total. The Morgan fingerprint density at radius 2 is 1.96 bits per heavy atom. The van der Waals surface area contributed by atoms with Gasteiger partial charge in [0.1, 0.15) is 5.76 Å². The third-order valence-corrected chi connectivity index (χ3v) is 5.32. The Bertz CT molecular complexity index is 654. The van der Waals surface area contributed by atoms with E-state index >= 15 is 0 Å². The molecule has 1 saturated heterocycles. The predicted molar refractivity (Wildman–Crippen MR) is 79.8 cm³/mol. The van der Waals surface area contributed by atoms with Crippen molar-refractivity contribution in [1.29, 1.82) is 0 Å². The van der Waals surface area contributed by atoms with Gasteiger partial charge in [-0.05, 0) is 36.8 Å². The molecule has 1 fully saturated rings. The maximum Gasteiger partial charge on any atom is 0.416 e. The minimum Gasteiger partial charge on any atom is -0.466 e. The van der Waals surface area contributed by atoms with Crippen LogP contribution >= 0.6 is 11.8 Å². The van der Waals surface area contributed by atoms with Crippen molar-refractivity contribution in [2.75, 3.05) is 5.75 Å². The number of hydrogen-bond acceptors (Lipinski definition) is 4. The van der Waals surface area contributed by atoms with Crippen LogP contribution < -0.4 is 0 Å². The zero-order valence-electron chi connectivity index (χ0n) is 12.2. The van der Waals surface area contributed by atoms with Gasteiger partial charge in [0, 0.05) is 5.75 Å². The maximum absolute atomic E-state index is 12.7. The van der Waals surface area contributed by atoms with E-state index in [0.717, 1.165) is 12.1 Å². The van der Waals surface area contributed by atoms with E-state index in [1.807, 2.05) is 6.92 Å². The predicted octanol–water partition coefficient (Wildman–Crippen LogP) is 4.34. The molecule has 1 aromatic heterocycles. The van der Waals surface area contributed by atoms with Gasteiger partial charge in [-0.3, -0.25) is 0 Å². The number of alkyl halides is 3. The number of aliphatic hydroxyl groups excluding tert-OH is 1. The minimum absolute atomic E-state index is 0.132. The first-order valence-electron chi connectivity index (χ1n) is 7.04. The molecule has 124 valence electrons. The number of rotatable bonds is 3. The molecule has 0 aliphatic carbocycles. The fourth-order valence-corrected chi connectivity index (χ4v) is 3.95. The minimum atomic E-state index is -4.40. The molecule has 3 nitrogen and oxygen atoms in total. The van der Waals surface area contributed by atoms with Gasteiger partial charge in [0.2, 0.25) is 0 Å². The Kier molecular flexibility index (Phi) is 4.20. The van der Waals surface area contributed by atoms with Gasteiger partial charge in [-0.2, -0.15) is 13.2 Å². The molecule has 1 aromatic carbocycles. The number of hydrogen-bond donors (Lipinski definition) is 1. The maximum atomic E-state index is 12.7. The summed E-state index contributed by atoms with van der Waals surface area (Å²) in [5.41, 5.74) is -0.260. The zero-order valence-corrected chi connectivity index (χ0v) is 13.0. The summed E-state index contributed by atoms with van der Waals surface area (Å²) in [5.74, 6) is 0.935. The van der Waals surface area contributed by atoms with Crippen molar-refractivity contribution >= 4 is 11.8 Å². The van der Waals surface area contributed by atoms with Crippen molar-refractivity contribution in [2.24, 2.45) is 0 Å². The molecule has 3 atom stereocenters. The number of aliphatic hydroxyl groups is 1. The second-order valence-corrected chi connectivity index (χ2v) is 6.63. The molecule has 0 amide bonds. The average Bonchev–Trinajstić information content (AvgIpc) is 3.16. The van der Waals surface area contributed by atoms with E-state index in [9.17, 15) is 18.3 Å². The lowest BCUT2D eigenvalue weighted by molar-refractivity contribution is -0.137. The van der Waals surface area contributed by atoms with Gasteiger partial charge in [0.05, 0.1) is 17.9 Å². The summed E-state index contributed by atoms with van der Waals surface area (Å²) in [6.45, 7) is 1.85. The van der Waals surface area contributed by atoms with Gasteiger partial charge < -0.3 is 14.3 Å². The monoisotopic (exact) mass is 344 g/mol. The Hall–Kier alpha value is -1.44. The summed E-state index contributed by atoms with van der Waals surface area (Å²) in [7, 11) is 0. The first-order chi connectivity index (χ1) is 10.8. The molecular formula is C16H15F3O3S. The molecule has 2 heterocycles. The summed E-state index contributed by atoms with van der Waals surface area (Å²) in [6.07, 6.45) is -4.22. The van der Waals surface area contributed by atoms with Gasteiger partial charge in [-0.15, -0.1) is 11.8 Å². The largest absolute Gasteiger partial charge is 0.466 e. The molecule has 3 rings (SSSR count). The molecule has 7 heteroatoms. The number of halogens is 3. The molecule has 1 aliphatic rings. The van der Waals surface area contributed by atoms with E-state index in [-0.39, 0.29) is 6.10 Å². The Morgan fingerprint density at radius 1 is 1.26 bits per heavy atom. The van der Waals surface area contributed by atoms with Crippen LogP contribution in [0.25, 0.3) is 0 Å². The average molecular weight is 344 g/mol. The standard InChI is InChI=1S/C16H15F3O3S/c1-10-9-23-15(22-10,14(20)13-3-2-8-21-13)11-4-6-12(7-5-11)16(17,18)19/h2-8,10,14,20H,9H2,1H3/t10-,14?,15-/m0/s1. The van der Waals surface area contributed by atoms with Crippen LogP contribution in [0.1, 0.15) is 29.9 Å². The third kappa shape index (κ3) is 3.00. The molecule has 1 aliphatic heterocycles. The highest BCUT2D eigenvalue weighted by atomic mass is 32.2. The molecule has 1 unspecified atom stereocenters. The van der Waals surface area contributed by atoms with E-state index in [2.05, 4.69) is 0 Å². The van der Waals surface area contributed by atoms with E-state index in [1.165, 1.54) is 30.2 Å². The van der Waals surface area contributed by atoms with E-state index in [4.69, 9.17) is 9.15 Å². The molecule has 0 spiro atoms. The Balaban J connectivity index is 2.00. The lowest BCUT2D eigenvalue weighted by Gasteiger charge is -2.32. The van der Waals surface area contributed by atoms with Crippen molar-refractivity contribution in [3.05, 3.63) is 59.5 Å². The smallest absolute Gasteiger partial charge is 0.416 e. The Labute approximate surface area is 135 Å². The fraction of sp³-hybridized carbons (Fsp3) is 0.375. The highest BCUT2D eigenvalue weighted by molar-refractivity contribution is 8.00. The summed E-state index contributed by atoms with van der Waals surface area (Å²) in [4.78, 5) is -1.18. The zero-order chi connectivity index (χ0) is 16.7. The fourth-order valence-electron chi connectivity index (χ4n) is 2.59. The van der Waals surface area contributed by atoms with Gasteiger partial charge in [-0.25, -0.2) is 0 Å². The van der Waals surface area contributed by atoms with Crippen molar-refractivity contribution in [3.8, 4) is 0 Å². The van der Waals surface area contributed by atoms with Crippen molar-refractivity contribution < 1.29 is 27.4 Å². The van der Waals surface area contributed by atoms with Crippen LogP contribution in [0.5, 0.6) is 0 Å². The highest BCUT2D eigenvalue weighted by Gasteiger charge is 2.49. The van der Waals surface area contributed by atoms with Gasteiger partial charge >= 0.3 is 6.18 Å². The first kappa shape index (κ1) is 16.4. The van der Waals surface area contributed by atoms with Gasteiger partial charge in [0.15, 0.2) is 11.0 Å². The number of ether oxygens (including phenoxy) is 1. The Morgan fingerprint density at radius 3 is 2.43 bits per heavy atom. The molecule has 0 saturated carbocycles. The van der Waals surface area contributed by atoms with E-state index in [0.29, 0.717) is 17.1 Å². The van der Waals surface area contributed by atoms with Gasteiger partial charge in [0.25, 0.3) is 0 Å². The molecule has 23 heavy (non-hydrogen) atoms. The summed E-state index contributed by atoms with van der Waals surface area (Å²) >= 11 is 1.36. The highest BCUT2D eigenvalue weighted by Crippen LogP contribution is 2.53. The molecule has 0 radical (unpaired) electrons. The van der Waals surface area contributed by atoms with Crippen molar-refractivity contribution in [3.63, 3.8) is 0 Å². The second kappa shape index (κ2) is 5.89. The summed E-state index contributed by atoms with van der Waals surface area (Å²) < 4.78 is 49.4.